The van der Waals surface area contributed by atoms with Crippen LogP contribution >= 0.6 is 11.6 Å². The average Bonchev–Trinajstić information content (AvgIpc) is 2.60. The lowest BCUT2D eigenvalue weighted by Gasteiger charge is -2.14. The van der Waals surface area contributed by atoms with Crippen LogP contribution in [0, 0.1) is 0 Å². The summed E-state index contributed by atoms with van der Waals surface area (Å²) in [5.74, 6) is 0. The van der Waals surface area contributed by atoms with Crippen LogP contribution in [0.15, 0.2) is 58.3 Å². The van der Waals surface area contributed by atoms with E-state index in [1.807, 2.05) is 0 Å². The molecule has 0 spiro atoms. The van der Waals surface area contributed by atoms with Gasteiger partial charge in [0, 0.05) is 5.02 Å². The highest BCUT2D eigenvalue weighted by molar-refractivity contribution is 8.06. The molecule has 0 amide bonds. The molecule has 0 radical (unpaired) electrons. The van der Waals surface area contributed by atoms with Crippen molar-refractivity contribution in [3.8, 4) is 0 Å². The standard InChI is InChI=1S/C13H10ClNO4S2/c14-11-6-2-1-5-10(11)9-15-20(16,17)12-7-3-4-8-13(12)21(15,18)19/h1-8H,9H2. The van der Waals surface area contributed by atoms with Crippen LogP contribution < -0.4 is 0 Å². The van der Waals surface area contributed by atoms with Gasteiger partial charge in [-0.25, -0.2) is 16.8 Å². The van der Waals surface area contributed by atoms with E-state index in [0.29, 0.717) is 14.3 Å². The summed E-state index contributed by atoms with van der Waals surface area (Å²) in [4.78, 5) is -0.394. The number of hydrogen-bond donors (Lipinski definition) is 0. The summed E-state index contributed by atoms with van der Waals surface area (Å²) >= 11 is 5.98. The van der Waals surface area contributed by atoms with Gasteiger partial charge in [0.1, 0.15) is 9.79 Å². The number of benzene rings is 2. The molecule has 1 aliphatic heterocycles. The first kappa shape index (κ1) is 14.5. The van der Waals surface area contributed by atoms with E-state index in [4.69, 9.17) is 11.6 Å². The molecule has 0 aliphatic carbocycles. The Morgan fingerprint density at radius 3 is 1.81 bits per heavy atom. The van der Waals surface area contributed by atoms with Gasteiger partial charge in [0.2, 0.25) is 0 Å². The Bertz CT molecular complexity index is 870. The Kier molecular flexibility index (Phi) is 3.32. The van der Waals surface area contributed by atoms with Crippen LogP contribution in [0.1, 0.15) is 5.56 Å². The maximum absolute atomic E-state index is 12.4. The zero-order chi connectivity index (χ0) is 15.3. The van der Waals surface area contributed by atoms with Gasteiger partial charge in [-0.05, 0) is 23.8 Å². The summed E-state index contributed by atoms with van der Waals surface area (Å²) in [5.41, 5.74) is 0.430. The average molecular weight is 344 g/mol. The van der Waals surface area contributed by atoms with Gasteiger partial charge in [-0.3, -0.25) is 0 Å². The van der Waals surface area contributed by atoms with Crippen molar-refractivity contribution in [1.29, 1.82) is 0 Å². The Labute approximate surface area is 127 Å². The summed E-state index contributed by atoms with van der Waals surface area (Å²) in [6, 6.07) is 12.1. The van der Waals surface area contributed by atoms with Gasteiger partial charge >= 0.3 is 0 Å². The zero-order valence-corrected chi connectivity index (χ0v) is 13.0. The van der Waals surface area contributed by atoms with E-state index in [0.717, 1.165) is 0 Å². The molecule has 0 atom stereocenters. The topological polar surface area (TPSA) is 71.5 Å². The van der Waals surface area contributed by atoms with Crippen LogP contribution in [-0.2, 0) is 26.6 Å². The number of halogens is 1. The molecule has 110 valence electrons. The third kappa shape index (κ3) is 2.17. The monoisotopic (exact) mass is 343 g/mol. The summed E-state index contributed by atoms with van der Waals surface area (Å²) < 4.78 is 50.2. The predicted octanol–water partition coefficient (Wildman–Crippen LogP) is 2.23. The van der Waals surface area contributed by atoms with Crippen LogP contribution in [0.5, 0.6) is 0 Å². The van der Waals surface area contributed by atoms with Gasteiger partial charge in [0.15, 0.2) is 0 Å². The van der Waals surface area contributed by atoms with Crippen molar-refractivity contribution in [2.75, 3.05) is 0 Å². The Morgan fingerprint density at radius 2 is 1.29 bits per heavy atom. The largest absolute Gasteiger partial charge is 0.258 e. The maximum Gasteiger partial charge on any atom is 0.258 e. The van der Waals surface area contributed by atoms with Crippen LogP contribution in [0.2, 0.25) is 5.02 Å². The highest BCUT2D eigenvalue weighted by Crippen LogP contribution is 2.38. The molecule has 0 N–H and O–H groups in total. The molecule has 0 bridgehead atoms. The molecule has 5 nitrogen and oxygen atoms in total. The van der Waals surface area contributed by atoms with Gasteiger partial charge in [-0.15, -0.1) is 0 Å². The van der Waals surface area contributed by atoms with Gasteiger partial charge < -0.3 is 0 Å². The van der Waals surface area contributed by atoms with E-state index in [-0.39, 0.29) is 16.3 Å². The van der Waals surface area contributed by atoms with E-state index in [9.17, 15) is 16.8 Å². The summed E-state index contributed by atoms with van der Waals surface area (Å²) in [6.07, 6.45) is 0. The Hall–Kier alpha value is -1.41. The first-order valence-corrected chi connectivity index (χ1v) is 9.21. The van der Waals surface area contributed by atoms with E-state index in [1.54, 1.807) is 24.3 Å². The van der Waals surface area contributed by atoms with Crippen LogP contribution in [0.3, 0.4) is 0 Å². The number of hydrogen-bond acceptors (Lipinski definition) is 4. The minimum Gasteiger partial charge on any atom is -0.206 e. The second-order valence-corrected chi connectivity index (χ2v) is 8.78. The highest BCUT2D eigenvalue weighted by atomic mass is 35.5. The number of nitrogens with zero attached hydrogens (tertiary/aromatic N) is 1. The normalized spacial score (nSPS) is 19.3. The van der Waals surface area contributed by atoms with Gasteiger partial charge in [-0.2, -0.15) is 0 Å². The SMILES string of the molecule is O=S1(=O)c2ccccc2S(=O)(=O)N1Cc1ccccc1Cl. The zero-order valence-electron chi connectivity index (χ0n) is 10.6. The van der Waals surface area contributed by atoms with Gasteiger partial charge in [0.25, 0.3) is 20.0 Å². The first-order chi connectivity index (χ1) is 9.85. The summed E-state index contributed by atoms with van der Waals surface area (Å²) in [6.45, 7) is -0.320. The smallest absolute Gasteiger partial charge is 0.206 e. The molecule has 0 fully saturated rings. The lowest BCUT2D eigenvalue weighted by Crippen LogP contribution is -2.29. The fourth-order valence-corrected chi connectivity index (χ4v) is 6.71. The van der Waals surface area contributed by atoms with E-state index >= 15 is 0 Å². The molecule has 0 unspecified atom stereocenters. The van der Waals surface area contributed by atoms with Gasteiger partial charge in [-0.1, -0.05) is 45.6 Å². The Balaban J connectivity index is 2.16. The molecule has 2 aromatic rings. The molecule has 0 saturated heterocycles. The predicted molar refractivity (Wildman–Crippen MR) is 77.8 cm³/mol. The lowest BCUT2D eigenvalue weighted by atomic mass is 10.2. The van der Waals surface area contributed by atoms with Crippen LogP contribution in [0.4, 0.5) is 0 Å². The van der Waals surface area contributed by atoms with Crippen molar-refractivity contribution in [1.82, 2.24) is 3.71 Å². The molecule has 21 heavy (non-hydrogen) atoms. The molecule has 1 aliphatic rings. The number of fused-ring (bicyclic) bond motifs is 1. The maximum atomic E-state index is 12.4. The molecule has 0 saturated carbocycles. The van der Waals surface area contributed by atoms with Crippen molar-refractivity contribution in [3.63, 3.8) is 0 Å². The lowest BCUT2D eigenvalue weighted by molar-refractivity contribution is 0.506. The molecule has 1 heterocycles. The molecule has 0 aromatic heterocycles. The molecule has 8 heteroatoms. The van der Waals surface area contributed by atoms with Crippen LogP contribution in [-0.4, -0.2) is 20.5 Å². The van der Waals surface area contributed by atoms with Crippen molar-refractivity contribution in [2.45, 2.75) is 16.3 Å². The number of sulfonamides is 2. The minimum atomic E-state index is -4.08. The second-order valence-electron chi connectivity index (χ2n) is 4.48. The Morgan fingerprint density at radius 1 is 0.810 bits per heavy atom. The second kappa shape index (κ2) is 4.81. The van der Waals surface area contributed by atoms with Crippen molar-refractivity contribution < 1.29 is 16.8 Å². The van der Waals surface area contributed by atoms with Crippen molar-refractivity contribution >= 4 is 31.6 Å². The third-order valence-corrected chi connectivity index (χ3v) is 8.03. The minimum absolute atomic E-state index is 0.197. The van der Waals surface area contributed by atoms with Crippen LogP contribution in [0.25, 0.3) is 0 Å². The van der Waals surface area contributed by atoms with Crippen molar-refractivity contribution in [3.05, 3.63) is 59.1 Å². The molecule has 3 rings (SSSR count). The summed E-state index contributed by atoms with van der Waals surface area (Å²) in [5, 5.41) is 0.318. The fraction of sp³-hybridized carbons (Fsp3) is 0.0769. The number of rotatable bonds is 2. The summed E-state index contributed by atoms with van der Waals surface area (Å²) in [7, 11) is -8.16. The van der Waals surface area contributed by atoms with Gasteiger partial charge in [0.05, 0.1) is 6.54 Å². The third-order valence-electron chi connectivity index (χ3n) is 3.20. The molecular formula is C13H10ClNO4S2. The van der Waals surface area contributed by atoms with Crippen molar-refractivity contribution in [2.24, 2.45) is 0 Å². The van der Waals surface area contributed by atoms with E-state index in [2.05, 4.69) is 0 Å². The van der Waals surface area contributed by atoms with E-state index in [1.165, 1.54) is 24.3 Å². The van der Waals surface area contributed by atoms with E-state index < -0.39 is 20.0 Å². The molecule has 2 aromatic carbocycles. The fourth-order valence-electron chi connectivity index (χ4n) is 2.16. The first-order valence-electron chi connectivity index (χ1n) is 5.95. The molecular weight excluding hydrogens is 334 g/mol. The quantitative estimate of drug-likeness (QED) is 0.838. The highest BCUT2D eigenvalue weighted by Gasteiger charge is 2.46.